The molecule has 1 aromatic heterocycles. The van der Waals surface area contributed by atoms with Crippen LogP contribution in [0.4, 0.5) is 0 Å². The molecule has 13 heavy (non-hydrogen) atoms. The minimum absolute atomic E-state index is 0.0747. The fourth-order valence-corrected chi connectivity index (χ4v) is 3.12. The van der Waals surface area contributed by atoms with E-state index in [-0.39, 0.29) is 5.41 Å². The van der Waals surface area contributed by atoms with Gasteiger partial charge in [0.1, 0.15) is 5.76 Å². The minimum Gasteiger partial charge on any atom is -0.468 e. The lowest BCUT2D eigenvalue weighted by Crippen LogP contribution is -2.20. The zero-order chi connectivity index (χ0) is 10.1. The first-order valence-electron chi connectivity index (χ1n) is 4.31. The fraction of sp³-hybridized carbons (Fsp3) is 0.600. The van der Waals surface area contributed by atoms with E-state index in [2.05, 4.69) is 52.6 Å². The van der Waals surface area contributed by atoms with Gasteiger partial charge in [-0.15, -0.1) is 0 Å². The summed E-state index contributed by atoms with van der Waals surface area (Å²) >= 11 is 7.05. The van der Waals surface area contributed by atoms with Crippen molar-refractivity contribution in [2.45, 2.75) is 37.4 Å². The third kappa shape index (κ3) is 2.84. The first kappa shape index (κ1) is 11.3. The summed E-state index contributed by atoms with van der Waals surface area (Å²) in [7, 11) is 0. The number of alkyl halides is 1. The lowest BCUT2D eigenvalue weighted by atomic mass is 9.85. The molecule has 3 heteroatoms. The molecule has 0 N–H and O–H groups in total. The second kappa shape index (κ2) is 4.18. The van der Waals surface area contributed by atoms with Gasteiger partial charge in [-0.05, 0) is 28.4 Å². The largest absolute Gasteiger partial charge is 0.468 e. The van der Waals surface area contributed by atoms with Crippen molar-refractivity contribution in [3.05, 3.63) is 22.6 Å². The molecular formula is C10H14Br2O. The van der Waals surface area contributed by atoms with Crippen molar-refractivity contribution in [2.24, 2.45) is 0 Å². The van der Waals surface area contributed by atoms with Gasteiger partial charge >= 0.3 is 0 Å². The van der Waals surface area contributed by atoms with Crippen LogP contribution in [-0.2, 0) is 5.41 Å². The van der Waals surface area contributed by atoms with E-state index in [1.54, 1.807) is 6.26 Å². The molecule has 0 fully saturated rings. The highest BCUT2D eigenvalue weighted by Crippen LogP contribution is 2.35. The molecule has 0 bridgehead atoms. The lowest BCUT2D eigenvalue weighted by molar-refractivity contribution is 0.363. The normalized spacial score (nSPS) is 14.5. The maximum absolute atomic E-state index is 5.46. The summed E-state index contributed by atoms with van der Waals surface area (Å²) < 4.78 is 6.52. The van der Waals surface area contributed by atoms with Gasteiger partial charge in [0.15, 0.2) is 0 Å². The third-order valence-electron chi connectivity index (χ3n) is 2.02. The second-order valence-electron chi connectivity index (χ2n) is 3.97. The van der Waals surface area contributed by atoms with E-state index in [1.807, 2.05) is 6.07 Å². The first-order valence-corrected chi connectivity index (χ1v) is 6.02. The van der Waals surface area contributed by atoms with Gasteiger partial charge in [-0.3, -0.25) is 0 Å². The predicted octanol–water partition coefficient (Wildman–Crippen LogP) is 4.49. The molecular weight excluding hydrogens is 296 g/mol. The molecule has 0 aliphatic carbocycles. The Kier molecular flexibility index (Phi) is 3.64. The SMILES string of the molecule is CC(Br)CC(C)(C)c1occc1Br. The molecule has 1 aromatic rings. The fourth-order valence-electron chi connectivity index (χ4n) is 1.57. The summed E-state index contributed by atoms with van der Waals surface area (Å²) in [5, 5.41) is 0. The topological polar surface area (TPSA) is 13.1 Å². The van der Waals surface area contributed by atoms with Gasteiger partial charge in [0.2, 0.25) is 0 Å². The summed E-state index contributed by atoms with van der Waals surface area (Å²) in [6.07, 6.45) is 2.78. The molecule has 0 radical (unpaired) electrons. The average molecular weight is 310 g/mol. The van der Waals surface area contributed by atoms with E-state index in [0.717, 1.165) is 16.7 Å². The Morgan fingerprint density at radius 1 is 1.54 bits per heavy atom. The lowest BCUT2D eigenvalue weighted by Gasteiger charge is -2.24. The van der Waals surface area contributed by atoms with Gasteiger partial charge < -0.3 is 4.42 Å². The molecule has 1 unspecified atom stereocenters. The maximum Gasteiger partial charge on any atom is 0.123 e. The van der Waals surface area contributed by atoms with Gasteiger partial charge in [0, 0.05) is 10.2 Å². The van der Waals surface area contributed by atoms with Crippen LogP contribution in [0.3, 0.4) is 0 Å². The van der Waals surface area contributed by atoms with Gasteiger partial charge in [0.05, 0.1) is 10.7 Å². The number of halogens is 2. The van der Waals surface area contributed by atoms with Crippen LogP contribution >= 0.6 is 31.9 Å². The standard InChI is InChI=1S/C10H14Br2O/c1-7(11)6-10(2,3)9-8(12)4-5-13-9/h4-5,7H,6H2,1-3H3. The van der Waals surface area contributed by atoms with E-state index in [4.69, 9.17) is 4.42 Å². The summed E-state index contributed by atoms with van der Waals surface area (Å²) in [5.74, 6) is 1.03. The van der Waals surface area contributed by atoms with Crippen molar-refractivity contribution in [1.82, 2.24) is 0 Å². The molecule has 0 amide bonds. The predicted molar refractivity (Wildman–Crippen MR) is 62.4 cm³/mol. The van der Waals surface area contributed by atoms with Crippen LogP contribution in [0.25, 0.3) is 0 Å². The highest BCUT2D eigenvalue weighted by molar-refractivity contribution is 9.10. The first-order chi connectivity index (χ1) is 5.93. The molecule has 0 aromatic carbocycles. The van der Waals surface area contributed by atoms with Gasteiger partial charge in [0.25, 0.3) is 0 Å². The highest BCUT2D eigenvalue weighted by Gasteiger charge is 2.27. The number of hydrogen-bond donors (Lipinski definition) is 0. The molecule has 0 saturated carbocycles. The van der Waals surface area contributed by atoms with Crippen LogP contribution in [0.2, 0.25) is 0 Å². The number of rotatable bonds is 3. The van der Waals surface area contributed by atoms with Crippen molar-refractivity contribution >= 4 is 31.9 Å². The molecule has 1 rings (SSSR count). The van der Waals surface area contributed by atoms with Crippen molar-refractivity contribution in [2.75, 3.05) is 0 Å². The number of furan rings is 1. The van der Waals surface area contributed by atoms with E-state index < -0.39 is 0 Å². The Balaban J connectivity index is 2.87. The van der Waals surface area contributed by atoms with Crippen molar-refractivity contribution in [3.63, 3.8) is 0 Å². The van der Waals surface area contributed by atoms with E-state index in [1.165, 1.54) is 0 Å². The van der Waals surface area contributed by atoms with Gasteiger partial charge in [-0.2, -0.15) is 0 Å². The third-order valence-corrected chi connectivity index (χ3v) is 2.97. The summed E-state index contributed by atoms with van der Waals surface area (Å²) in [5.41, 5.74) is 0.0747. The highest BCUT2D eigenvalue weighted by atomic mass is 79.9. The van der Waals surface area contributed by atoms with E-state index >= 15 is 0 Å². The smallest absolute Gasteiger partial charge is 0.123 e. The van der Waals surface area contributed by atoms with Crippen LogP contribution in [-0.4, -0.2) is 4.83 Å². The molecule has 1 heterocycles. The number of hydrogen-bond acceptors (Lipinski definition) is 1. The van der Waals surface area contributed by atoms with Crippen LogP contribution in [0.15, 0.2) is 21.2 Å². The Hall–Kier alpha value is 0.240. The van der Waals surface area contributed by atoms with Crippen molar-refractivity contribution in [3.8, 4) is 0 Å². The van der Waals surface area contributed by atoms with Gasteiger partial charge in [-0.25, -0.2) is 0 Å². The summed E-state index contributed by atoms with van der Waals surface area (Å²) in [4.78, 5) is 0.500. The Morgan fingerprint density at radius 3 is 2.54 bits per heavy atom. The quantitative estimate of drug-likeness (QED) is 0.750. The van der Waals surface area contributed by atoms with E-state index in [9.17, 15) is 0 Å². The second-order valence-corrected chi connectivity index (χ2v) is 6.38. The zero-order valence-electron chi connectivity index (χ0n) is 8.10. The van der Waals surface area contributed by atoms with Crippen LogP contribution in [0, 0.1) is 0 Å². The van der Waals surface area contributed by atoms with Gasteiger partial charge in [-0.1, -0.05) is 36.7 Å². The molecule has 0 saturated heterocycles. The summed E-state index contributed by atoms with van der Waals surface area (Å²) in [6.45, 7) is 6.53. The summed E-state index contributed by atoms with van der Waals surface area (Å²) in [6, 6.07) is 1.94. The zero-order valence-corrected chi connectivity index (χ0v) is 11.3. The van der Waals surface area contributed by atoms with Crippen LogP contribution in [0.5, 0.6) is 0 Å². The van der Waals surface area contributed by atoms with Crippen molar-refractivity contribution in [1.29, 1.82) is 0 Å². The minimum atomic E-state index is 0.0747. The maximum atomic E-state index is 5.46. The van der Waals surface area contributed by atoms with Crippen LogP contribution < -0.4 is 0 Å². The monoisotopic (exact) mass is 308 g/mol. The Bertz CT molecular complexity index is 276. The van der Waals surface area contributed by atoms with E-state index in [0.29, 0.717) is 4.83 Å². The Morgan fingerprint density at radius 2 is 2.15 bits per heavy atom. The average Bonchev–Trinajstić information content (AvgIpc) is 2.32. The Labute approximate surface area is 96.2 Å². The van der Waals surface area contributed by atoms with Crippen LogP contribution in [0.1, 0.15) is 33.0 Å². The molecule has 1 nitrogen and oxygen atoms in total. The molecule has 0 aliphatic rings. The molecule has 0 spiro atoms. The van der Waals surface area contributed by atoms with Crippen molar-refractivity contribution < 1.29 is 4.42 Å². The molecule has 0 aliphatic heterocycles. The molecule has 1 atom stereocenters. The molecule has 74 valence electrons.